The summed E-state index contributed by atoms with van der Waals surface area (Å²) >= 11 is 0. The first kappa shape index (κ1) is 27.7. The molecule has 0 spiro atoms. The van der Waals surface area contributed by atoms with Crippen LogP contribution in [0.25, 0.3) is 0 Å². The lowest BCUT2D eigenvalue weighted by Gasteiger charge is -2.24. The van der Waals surface area contributed by atoms with Crippen LogP contribution in [0.1, 0.15) is 33.1 Å². The molecule has 0 aliphatic rings. The largest absolute Gasteiger partial charge is 0.481 e. The van der Waals surface area contributed by atoms with Gasteiger partial charge >= 0.3 is 17.9 Å². The Morgan fingerprint density at radius 3 is 1.61 bits per heavy atom. The Balaban J connectivity index is 5.34. The van der Waals surface area contributed by atoms with E-state index in [2.05, 4.69) is 5.32 Å². The second kappa shape index (κ2) is 13.1. The third kappa shape index (κ3) is 9.86. The summed E-state index contributed by atoms with van der Waals surface area (Å²) in [4.78, 5) is 69.6. The molecule has 176 valence electrons. The quantitative estimate of drug-likeness (QED) is 0.132. The Morgan fingerprint density at radius 1 is 0.774 bits per heavy atom. The number of rotatable bonds is 14. The summed E-state index contributed by atoms with van der Waals surface area (Å²) in [5.74, 6) is -8.15. The smallest absolute Gasteiger partial charge is 0.326 e. The maximum Gasteiger partial charge on any atom is 0.326 e. The molecule has 0 heterocycles. The number of nitrogens with two attached hydrogens (primary N) is 1. The SMILES string of the molecule is CCC(C)C(N)C(=O)NC(CO)C(=O)NC(CC(=O)O)C(=O)NC(CC(=O)O)C(=O)O. The fraction of sp³-hybridized carbons (Fsp3) is 0.647. The predicted octanol–water partition coefficient (Wildman–Crippen LogP) is -3.16. The molecular weight excluding hydrogens is 420 g/mol. The number of aliphatic carboxylic acids is 3. The predicted molar refractivity (Wildman–Crippen MR) is 102 cm³/mol. The lowest BCUT2D eigenvalue weighted by molar-refractivity contribution is -0.148. The number of carboxylic acids is 3. The zero-order valence-corrected chi connectivity index (χ0v) is 17.0. The van der Waals surface area contributed by atoms with Crippen molar-refractivity contribution >= 4 is 35.6 Å². The lowest BCUT2D eigenvalue weighted by Crippen LogP contribution is -2.59. The average molecular weight is 448 g/mol. The minimum atomic E-state index is -1.87. The van der Waals surface area contributed by atoms with Crippen molar-refractivity contribution in [2.24, 2.45) is 11.7 Å². The van der Waals surface area contributed by atoms with Crippen molar-refractivity contribution in [2.75, 3.05) is 6.61 Å². The standard InChI is InChI=1S/C17H28N4O10/c1-3-7(2)13(18)16(29)21-10(6-22)15(28)19-8(4-11(23)24)14(27)20-9(17(30)31)5-12(25)26/h7-10,13,22H,3-6,18H2,1-2H3,(H,19,28)(H,20,27)(H,21,29)(H,23,24)(H,25,26)(H,30,31). The van der Waals surface area contributed by atoms with Crippen LogP contribution in [0.3, 0.4) is 0 Å². The lowest BCUT2D eigenvalue weighted by atomic mass is 9.99. The number of hydrogen-bond acceptors (Lipinski definition) is 8. The van der Waals surface area contributed by atoms with Gasteiger partial charge in [-0.2, -0.15) is 0 Å². The van der Waals surface area contributed by atoms with Gasteiger partial charge in [0.1, 0.15) is 18.1 Å². The highest BCUT2D eigenvalue weighted by atomic mass is 16.4. The van der Waals surface area contributed by atoms with E-state index in [1.807, 2.05) is 10.6 Å². The summed E-state index contributed by atoms with van der Waals surface area (Å²) in [7, 11) is 0. The van der Waals surface area contributed by atoms with Crippen LogP contribution in [0.5, 0.6) is 0 Å². The van der Waals surface area contributed by atoms with E-state index >= 15 is 0 Å². The molecule has 0 aliphatic carbocycles. The Labute approximate surface area is 177 Å². The van der Waals surface area contributed by atoms with Gasteiger partial charge in [0.25, 0.3) is 0 Å². The molecule has 9 N–H and O–H groups in total. The highest BCUT2D eigenvalue weighted by Gasteiger charge is 2.32. The van der Waals surface area contributed by atoms with Crippen LogP contribution < -0.4 is 21.7 Å². The highest BCUT2D eigenvalue weighted by molar-refractivity contribution is 5.96. The highest BCUT2D eigenvalue weighted by Crippen LogP contribution is 2.06. The minimum absolute atomic E-state index is 0.241. The molecule has 0 fully saturated rings. The molecule has 0 bridgehead atoms. The molecule has 0 aromatic carbocycles. The molecule has 5 atom stereocenters. The first-order chi connectivity index (χ1) is 14.3. The molecule has 0 radical (unpaired) electrons. The topological polar surface area (TPSA) is 245 Å². The Bertz CT molecular complexity index is 698. The minimum Gasteiger partial charge on any atom is -0.481 e. The average Bonchev–Trinajstić information content (AvgIpc) is 2.68. The summed E-state index contributed by atoms with van der Waals surface area (Å²) in [6.07, 6.45) is -1.40. The van der Waals surface area contributed by atoms with E-state index in [9.17, 15) is 33.9 Å². The van der Waals surface area contributed by atoms with Gasteiger partial charge < -0.3 is 42.1 Å². The van der Waals surface area contributed by atoms with Crippen LogP contribution in [0.2, 0.25) is 0 Å². The molecule has 0 saturated heterocycles. The maximum absolute atomic E-state index is 12.4. The van der Waals surface area contributed by atoms with Gasteiger partial charge in [-0.1, -0.05) is 20.3 Å². The third-order valence-electron chi connectivity index (χ3n) is 4.38. The van der Waals surface area contributed by atoms with Gasteiger partial charge in [0.2, 0.25) is 17.7 Å². The number of amides is 3. The first-order valence-electron chi connectivity index (χ1n) is 9.27. The number of carbonyl (C=O) groups excluding carboxylic acids is 3. The zero-order valence-electron chi connectivity index (χ0n) is 17.0. The maximum atomic E-state index is 12.4. The van der Waals surface area contributed by atoms with Gasteiger partial charge in [0.15, 0.2) is 0 Å². The van der Waals surface area contributed by atoms with E-state index in [1.165, 1.54) is 0 Å². The number of carbonyl (C=O) groups is 6. The first-order valence-corrected chi connectivity index (χ1v) is 9.27. The third-order valence-corrected chi connectivity index (χ3v) is 4.38. The van der Waals surface area contributed by atoms with E-state index in [0.29, 0.717) is 6.42 Å². The molecule has 31 heavy (non-hydrogen) atoms. The van der Waals surface area contributed by atoms with Crippen LogP contribution in [0.4, 0.5) is 0 Å². The fourth-order valence-corrected chi connectivity index (χ4v) is 2.28. The van der Waals surface area contributed by atoms with Crippen LogP contribution in [0, 0.1) is 5.92 Å². The summed E-state index contributed by atoms with van der Waals surface area (Å²) in [6.45, 7) is 2.59. The summed E-state index contributed by atoms with van der Waals surface area (Å²) in [5, 5.41) is 42.1. The fourth-order valence-electron chi connectivity index (χ4n) is 2.28. The number of aliphatic hydroxyl groups excluding tert-OH is 1. The molecule has 0 rings (SSSR count). The van der Waals surface area contributed by atoms with Crippen LogP contribution >= 0.6 is 0 Å². The van der Waals surface area contributed by atoms with Gasteiger partial charge in [0.05, 0.1) is 25.5 Å². The Hall–Kier alpha value is -3.26. The molecule has 14 nitrogen and oxygen atoms in total. The number of nitrogens with one attached hydrogen (secondary N) is 3. The zero-order chi connectivity index (χ0) is 24.3. The van der Waals surface area contributed by atoms with Crippen molar-refractivity contribution in [1.82, 2.24) is 16.0 Å². The summed E-state index contributed by atoms with van der Waals surface area (Å²) in [6, 6.07) is -6.24. The monoisotopic (exact) mass is 448 g/mol. The molecular formula is C17H28N4O10. The molecule has 0 aromatic rings. The van der Waals surface area contributed by atoms with E-state index in [0.717, 1.165) is 0 Å². The number of carboxylic acid groups (broad SMARTS) is 3. The number of aliphatic hydroxyl groups is 1. The van der Waals surface area contributed by atoms with Crippen molar-refractivity contribution in [3.05, 3.63) is 0 Å². The van der Waals surface area contributed by atoms with Crippen LogP contribution in [-0.4, -0.2) is 86.8 Å². The van der Waals surface area contributed by atoms with Crippen molar-refractivity contribution in [2.45, 2.75) is 57.3 Å². The molecule has 0 aliphatic heterocycles. The molecule has 5 unspecified atom stereocenters. The molecule has 3 amide bonds. The second-order valence-corrected chi connectivity index (χ2v) is 6.81. The Kier molecular flexibility index (Phi) is 11.7. The van der Waals surface area contributed by atoms with Gasteiger partial charge in [0, 0.05) is 0 Å². The molecule has 0 saturated carbocycles. The Morgan fingerprint density at radius 2 is 1.19 bits per heavy atom. The van der Waals surface area contributed by atoms with Gasteiger partial charge in [-0.15, -0.1) is 0 Å². The normalized spacial score (nSPS) is 15.5. The number of hydrogen-bond donors (Lipinski definition) is 8. The van der Waals surface area contributed by atoms with Gasteiger partial charge in [-0.3, -0.25) is 24.0 Å². The van der Waals surface area contributed by atoms with Crippen molar-refractivity contribution in [1.29, 1.82) is 0 Å². The summed E-state index contributed by atoms with van der Waals surface area (Å²) in [5.41, 5.74) is 5.74. The van der Waals surface area contributed by atoms with Gasteiger partial charge in [-0.25, -0.2) is 4.79 Å². The van der Waals surface area contributed by atoms with E-state index < -0.39 is 79.2 Å². The van der Waals surface area contributed by atoms with E-state index in [4.69, 9.17) is 21.1 Å². The molecule has 0 aromatic heterocycles. The van der Waals surface area contributed by atoms with E-state index in [-0.39, 0.29) is 5.92 Å². The second-order valence-electron chi connectivity index (χ2n) is 6.81. The van der Waals surface area contributed by atoms with E-state index in [1.54, 1.807) is 13.8 Å². The van der Waals surface area contributed by atoms with Gasteiger partial charge in [-0.05, 0) is 5.92 Å². The van der Waals surface area contributed by atoms with Crippen LogP contribution in [-0.2, 0) is 28.8 Å². The van der Waals surface area contributed by atoms with Crippen molar-refractivity contribution in [3.8, 4) is 0 Å². The molecule has 14 heteroatoms. The summed E-state index contributed by atoms with van der Waals surface area (Å²) < 4.78 is 0. The van der Waals surface area contributed by atoms with Crippen molar-refractivity contribution in [3.63, 3.8) is 0 Å². The van der Waals surface area contributed by atoms with Crippen LogP contribution in [0.15, 0.2) is 0 Å². The van der Waals surface area contributed by atoms with Crippen molar-refractivity contribution < 1.29 is 49.2 Å².